The SMILES string of the molecule is O=C(CCl)CC1CCCO1. The van der Waals surface area contributed by atoms with Crippen molar-refractivity contribution in [2.24, 2.45) is 0 Å². The Balaban J connectivity index is 2.17. The molecule has 1 unspecified atom stereocenters. The molecular weight excluding hydrogens is 152 g/mol. The van der Waals surface area contributed by atoms with Crippen molar-refractivity contribution in [1.29, 1.82) is 0 Å². The van der Waals surface area contributed by atoms with Gasteiger partial charge in [-0.05, 0) is 12.8 Å². The third kappa shape index (κ3) is 2.27. The Hall–Kier alpha value is -0.0800. The highest BCUT2D eigenvalue weighted by Crippen LogP contribution is 2.15. The molecule has 0 aromatic rings. The lowest BCUT2D eigenvalue weighted by molar-refractivity contribution is -0.118. The summed E-state index contributed by atoms with van der Waals surface area (Å²) in [4.78, 5) is 10.8. The Labute approximate surface area is 65.5 Å². The van der Waals surface area contributed by atoms with E-state index < -0.39 is 0 Å². The number of hydrogen-bond donors (Lipinski definition) is 0. The lowest BCUT2D eigenvalue weighted by Crippen LogP contribution is -2.12. The van der Waals surface area contributed by atoms with Crippen molar-refractivity contribution in [2.75, 3.05) is 12.5 Å². The summed E-state index contributed by atoms with van der Waals surface area (Å²) in [6, 6.07) is 0. The van der Waals surface area contributed by atoms with Crippen molar-refractivity contribution < 1.29 is 9.53 Å². The van der Waals surface area contributed by atoms with Crippen LogP contribution in [0.25, 0.3) is 0 Å². The molecule has 3 heteroatoms. The van der Waals surface area contributed by atoms with Gasteiger partial charge in [-0.3, -0.25) is 4.79 Å². The first-order valence-corrected chi connectivity index (χ1v) is 4.05. The van der Waals surface area contributed by atoms with E-state index in [1.807, 2.05) is 0 Å². The van der Waals surface area contributed by atoms with Gasteiger partial charge in [0.2, 0.25) is 0 Å². The van der Waals surface area contributed by atoms with E-state index in [0.717, 1.165) is 19.4 Å². The van der Waals surface area contributed by atoms with Crippen LogP contribution in [-0.2, 0) is 9.53 Å². The lowest BCUT2D eigenvalue weighted by Gasteiger charge is -2.05. The molecule has 0 aromatic heterocycles. The maximum Gasteiger partial charge on any atom is 0.150 e. The minimum Gasteiger partial charge on any atom is -0.378 e. The molecule has 0 amide bonds. The van der Waals surface area contributed by atoms with E-state index in [1.165, 1.54) is 0 Å². The highest BCUT2D eigenvalue weighted by molar-refractivity contribution is 6.27. The number of carbonyl (C=O) groups excluding carboxylic acids is 1. The number of alkyl halides is 1. The molecule has 0 N–H and O–H groups in total. The molecule has 1 saturated heterocycles. The summed E-state index contributed by atoms with van der Waals surface area (Å²) in [6.45, 7) is 0.806. The third-order valence-corrected chi connectivity index (χ3v) is 1.93. The Kier molecular flexibility index (Phi) is 3.16. The predicted octanol–water partition coefficient (Wildman–Crippen LogP) is 1.36. The van der Waals surface area contributed by atoms with Crippen molar-refractivity contribution in [2.45, 2.75) is 25.4 Å². The lowest BCUT2D eigenvalue weighted by atomic mass is 10.1. The van der Waals surface area contributed by atoms with E-state index in [-0.39, 0.29) is 17.8 Å². The van der Waals surface area contributed by atoms with E-state index in [4.69, 9.17) is 16.3 Å². The molecule has 2 nitrogen and oxygen atoms in total. The molecule has 1 fully saturated rings. The normalized spacial score (nSPS) is 25.1. The summed E-state index contributed by atoms with van der Waals surface area (Å²) in [5.74, 6) is 0.216. The van der Waals surface area contributed by atoms with Crippen LogP contribution >= 0.6 is 11.6 Å². The number of Topliss-reactive ketones (excluding diaryl/α,β-unsaturated/α-hetero) is 1. The summed E-state index contributed by atoms with van der Waals surface area (Å²) < 4.78 is 5.25. The molecule has 1 rings (SSSR count). The number of hydrogen-bond acceptors (Lipinski definition) is 2. The number of ether oxygens (including phenoxy) is 1. The fourth-order valence-corrected chi connectivity index (χ4v) is 1.22. The molecule has 0 saturated carbocycles. The average Bonchev–Trinajstić information content (AvgIpc) is 2.40. The number of carbonyl (C=O) groups is 1. The van der Waals surface area contributed by atoms with E-state index in [1.54, 1.807) is 0 Å². The van der Waals surface area contributed by atoms with Crippen LogP contribution in [0.5, 0.6) is 0 Å². The van der Waals surface area contributed by atoms with Crippen LogP contribution in [0.3, 0.4) is 0 Å². The minimum atomic E-state index is 0.0913. The summed E-state index contributed by atoms with van der Waals surface area (Å²) in [5, 5.41) is 0. The van der Waals surface area contributed by atoms with Gasteiger partial charge in [0.15, 0.2) is 0 Å². The third-order valence-electron chi connectivity index (χ3n) is 1.63. The summed E-state index contributed by atoms with van der Waals surface area (Å²) in [7, 11) is 0. The highest BCUT2D eigenvalue weighted by Gasteiger charge is 2.17. The zero-order valence-electron chi connectivity index (χ0n) is 5.81. The molecule has 0 bridgehead atoms. The topological polar surface area (TPSA) is 26.3 Å². The van der Waals surface area contributed by atoms with E-state index >= 15 is 0 Å². The summed E-state index contributed by atoms with van der Waals surface area (Å²) in [5.41, 5.74) is 0. The number of halogens is 1. The van der Waals surface area contributed by atoms with Gasteiger partial charge in [0.05, 0.1) is 12.0 Å². The smallest absolute Gasteiger partial charge is 0.150 e. The van der Waals surface area contributed by atoms with E-state index in [0.29, 0.717) is 6.42 Å². The van der Waals surface area contributed by atoms with Gasteiger partial charge in [-0.1, -0.05) is 0 Å². The second-order valence-electron chi connectivity index (χ2n) is 2.51. The summed E-state index contributed by atoms with van der Waals surface area (Å²) >= 11 is 5.33. The van der Waals surface area contributed by atoms with Crippen molar-refractivity contribution in [3.05, 3.63) is 0 Å². The van der Waals surface area contributed by atoms with Gasteiger partial charge in [-0.15, -0.1) is 11.6 Å². The number of rotatable bonds is 3. The molecule has 1 atom stereocenters. The second-order valence-corrected chi connectivity index (χ2v) is 2.78. The molecule has 1 aliphatic rings. The van der Waals surface area contributed by atoms with Crippen LogP contribution in [0.4, 0.5) is 0 Å². The Morgan fingerprint density at radius 2 is 2.50 bits per heavy atom. The molecule has 0 radical (unpaired) electrons. The standard InChI is InChI=1S/C7H11ClO2/c8-5-6(9)4-7-2-1-3-10-7/h7H,1-5H2. The molecule has 0 spiro atoms. The number of ketones is 1. The van der Waals surface area contributed by atoms with Crippen LogP contribution in [0.1, 0.15) is 19.3 Å². The molecule has 1 heterocycles. The maximum atomic E-state index is 10.8. The zero-order chi connectivity index (χ0) is 7.40. The first-order valence-electron chi connectivity index (χ1n) is 3.52. The van der Waals surface area contributed by atoms with Crippen LogP contribution in [0.2, 0.25) is 0 Å². The Bertz CT molecular complexity index is 119. The van der Waals surface area contributed by atoms with Gasteiger partial charge >= 0.3 is 0 Å². The van der Waals surface area contributed by atoms with Gasteiger partial charge in [-0.2, -0.15) is 0 Å². The monoisotopic (exact) mass is 162 g/mol. The molecular formula is C7H11ClO2. The predicted molar refractivity (Wildman–Crippen MR) is 39.3 cm³/mol. The molecule has 0 aromatic carbocycles. The van der Waals surface area contributed by atoms with Gasteiger partial charge < -0.3 is 4.74 Å². The molecule has 0 aliphatic carbocycles. The quantitative estimate of drug-likeness (QED) is 0.586. The zero-order valence-corrected chi connectivity index (χ0v) is 6.56. The largest absolute Gasteiger partial charge is 0.378 e. The highest BCUT2D eigenvalue weighted by atomic mass is 35.5. The van der Waals surface area contributed by atoms with Gasteiger partial charge in [0, 0.05) is 13.0 Å². The Morgan fingerprint density at radius 1 is 1.70 bits per heavy atom. The van der Waals surface area contributed by atoms with Gasteiger partial charge in [0.1, 0.15) is 5.78 Å². The summed E-state index contributed by atoms with van der Waals surface area (Å²) in [6.07, 6.45) is 2.76. The fraction of sp³-hybridized carbons (Fsp3) is 0.857. The molecule has 58 valence electrons. The van der Waals surface area contributed by atoms with Crippen LogP contribution in [0.15, 0.2) is 0 Å². The average molecular weight is 163 g/mol. The first kappa shape index (κ1) is 8.02. The fourth-order valence-electron chi connectivity index (χ4n) is 1.11. The van der Waals surface area contributed by atoms with Gasteiger partial charge in [-0.25, -0.2) is 0 Å². The Morgan fingerprint density at radius 3 is 3.00 bits per heavy atom. The van der Waals surface area contributed by atoms with Crippen molar-refractivity contribution in [1.82, 2.24) is 0 Å². The molecule has 10 heavy (non-hydrogen) atoms. The second kappa shape index (κ2) is 3.94. The van der Waals surface area contributed by atoms with Crippen LogP contribution in [0, 0.1) is 0 Å². The van der Waals surface area contributed by atoms with Crippen molar-refractivity contribution in [3.63, 3.8) is 0 Å². The molecule has 1 aliphatic heterocycles. The van der Waals surface area contributed by atoms with E-state index in [2.05, 4.69) is 0 Å². The van der Waals surface area contributed by atoms with Crippen molar-refractivity contribution in [3.8, 4) is 0 Å². The van der Waals surface area contributed by atoms with E-state index in [9.17, 15) is 4.79 Å². The van der Waals surface area contributed by atoms with Crippen LogP contribution < -0.4 is 0 Å². The van der Waals surface area contributed by atoms with Gasteiger partial charge in [0.25, 0.3) is 0 Å². The van der Waals surface area contributed by atoms with Crippen LogP contribution in [-0.4, -0.2) is 24.4 Å². The maximum absolute atomic E-state index is 10.8. The van der Waals surface area contributed by atoms with Crippen molar-refractivity contribution >= 4 is 17.4 Å². The minimum absolute atomic E-state index is 0.0913. The first-order chi connectivity index (χ1) is 4.83.